The third-order valence-electron chi connectivity index (χ3n) is 2.80. The molecule has 18 heavy (non-hydrogen) atoms. The summed E-state index contributed by atoms with van der Waals surface area (Å²) in [4.78, 5) is 16.0. The number of ether oxygens (including phenoxy) is 2. The third-order valence-corrected chi connectivity index (χ3v) is 2.80. The van der Waals surface area contributed by atoms with Crippen LogP contribution in [0.4, 0.5) is 0 Å². The average molecular weight is 248 g/mol. The van der Waals surface area contributed by atoms with Gasteiger partial charge in [0.2, 0.25) is 0 Å². The molecule has 0 saturated carbocycles. The van der Waals surface area contributed by atoms with Crippen LogP contribution in [0.2, 0.25) is 0 Å². The van der Waals surface area contributed by atoms with E-state index in [-0.39, 0.29) is 5.97 Å². The predicted molar refractivity (Wildman–Crippen MR) is 66.7 cm³/mol. The van der Waals surface area contributed by atoms with Gasteiger partial charge in [-0.3, -0.25) is 0 Å². The highest BCUT2D eigenvalue weighted by atomic mass is 16.5. The number of pyridine rings is 1. The van der Waals surface area contributed by atoms with Gasteiger partial charge in [-0.2, -0.15) is 0 Å². The van der Waals surface area contributed by atoms with Crippen LogP contribution in [0.3, 0.4) is 0 Å². The van der Waals surface area contributed by atoms with Crippen molar-refractivity contribution in [3.05, 3.63) is 35.9 Å². The van der Waals surface area contributed by atoms with E-state index >= 15 is 0 Å². The van der Waals surface area contributed by atoms with E-state index in [2.05, 4.69) is 4.98 Å². The van der Waals surface area contributed by atoms with Crippen molar-refractivity contribution in [2.45, 2.75) is 12.8 Å². The molecule has 0 saturated heterocycles. The van der Waals surface area contributed by atoms with Gasteiger partial charge in [-0.15, -0.1) is 0 Å². The average Bonchev–Trinajstić information content (AvgIpc) is 2.81. The summed E-state index contributed by atoms with van der Waals surface area (Å²) in [5.74, 6) is 0.580. The van der Waals surface area contributed by atoms with Crippen LogP contribution < -0.4 is 0 Å². The Morgan fingerprint density at radius 2 is 2.28 bits per heavy atom. The van der Waals surface area contributed by atoms with Crippen molar-refractivity contribution in [3.63, 3.8) is 0 Å². The minimum Gasteiger partial charge on any atom is -0.465 e. The number of carbonyl (C=O) groups is 1. The van der Waals surface area contributed by atoms with Crippen LogP contribution in [0, 0.1) is 0 Å². The predicted octanol–water partition coefficient (Wildman–Crippen LogP) is 1.70. The SMILES string of the molecule is COCCCc1ncc2c(C(=O)OC)cccn12. The maximum Gasteiger partial charge on any atom is 0.340 e. The normalized spacial score (nSPS) is 10.8. The summed E-state index contributed by atoms with van der Waals surface area (Å²) < 4.78 is 11.7. The van der Waals surface area contributed by atoms with Gasteiger partial charge in [-0.25, -0.2) is 9.78 Å². The van der Waals surface area contributed by atoms with Crippen molar-refractivity contribution < 1.29 is 14.3 Å². The first-order valence-electron chi connectivity index (χ1n) is 5.80. The molecule has 2 aromatic rings. The molecule has 2 aromatic heterocycles. The van der Waals surface area contributed by atoms with Gasteiger partial charge in [0.05, 0.1) is 24.4 Å². The Balaban J connectivity index is 2.33. The van der Waals surface area contributed by atoms with Crippen LogP contribution in [0.25, 0.3) is 5.52 Å². The highest BCUT2D eigenvalue weighted by molar-refractivity contribution is 5.96. The molecule has 5 heteroatoms. The molecule has 0 spiro atoms. The van der Waals surface area contributed by atoms with Crippen LogP contribution in [0.15, 0.2) is 24.5 Å². The fourth-order valence-corrected chi connectivity index (χ4v) is 1.92. The lowest BCUT2D eigenvalue weighted by atomic mass is 10.2. The Morgan fingerprint density at radius 3 is 3.00 bits per heavy atom. The zero-order chi connectivity index (χ0) is 13.0. The second-order valence-electron chi connectivity index (χ2n) is 3.94. The molecule has 0 atom stereocenters. The molecule has 0 fully saturated rings. The number of nitrogens with zero attached hydrogens (tertiary/aromatic N) is 2. The number of carbonyl (C=O) groups excluding carboxylic acids is 1. The number of aryl methyl sites for hydroxylation is 1. The van der Waals surface area contributed by atoms with Crippen molar-refractivity contribution in [1.29, 1.82) is 0 Å². The third kappa shape index (κ3) is 2.36. The number of hydrogen-bond acceptors (Lipinski definition) is 4. The van der Waals surface area contributed by atoms with Crippen molar-refractivity contribution in [1.82, 2.24) is 9.38 Å². The molecule has 0 aromatic carbocycles. The summed E-state index contributed by atoms with van der Waals surface area (Å²) in [7, 11) is 3.06. The molecule has 2 rings (SSSR count). The maximum absolute atomic E-state index is 11.6. The van der Waals surface area contributed by atoms with Gasteiger partial charge >= 0.3 is 5.97 Å². The molecule has 5 nitrogen and oxygen atoms in total. The number of esters is 1. The Labute approximate surface area is 105 Å². The van der Waals surface area contributed by atoms with Gasteiger partial charge in [-0.05, 0) is 18.6 Å². The maximum atomic E-state index is 11.6. The molecule has 0 aliphatic rings. The van der Waals surface area contributed by atoms with Gasteiger partial charge in [0.1, 0.15) is 5.82 Å². The smallest absolute Gasteiger partial charge is 0.340 e. The Bertz CT molecular complexity index is 548. The van der Waals surface area contributed by atoms with Gasteiger partial charge in [0.25, 0.3) is 0 Å². The van der Waals surface area contributed by atoms with E-state index in [0.29, 0.717) is 12.2 Å². The van der Waals surface area contributed by atoms with Gasteiger partial charge in [0, 0.05) is 26.3 Å². The van der Waals surface area contributed by atoms with Crippen LogP contribution >= 0.6 is 0 Å². The Morgan fingerprint density at radius 1 is 1.44 bits per heavy atom. The monoisotopic (exact) mass is 248 g/mol. The standard InChI is InChI=1S/C13H16N2O3/c1-17-8-4-6-12-14-9-11-10(13(16)18-2)5-3-7-15(11)12/h3,5,7,9H,4,6,8H2,1-2H3. The van der Waals surface area contributed by atoms with Crippen LogP contribution in [-0.2, 0) is 15.9 Å². The molecule has 0 unspecified atom stereocenters. The fraction of sp³-hybridized carbons (Fsp3) is 0.385. The molecule has 0 radical (unpaired) electrons. The van der Waals surface area contributed by atoms with E-state index in [1.807, 2.05) is 16.7 Å². The Hall–Kier alpha value is -1.88. The first-order valence-corrected chi connectivity index (χ1v) is 5.80. The lowest BCUT2D eigenvalue weighted by Gasteiger charge is -2.04. The molecule has 0 aliphatic carbocycles. The Kier molecular flexibility index (Phi) is 3.94. The first-order chi connectivity index (χ1) is 8.77. The number of fused-ring (bicyclic) bond motifs is 1. The molecule has 0 aliphatic heterocycles. The van der Waals surface area contributed by atoms with E-state index in [1.165, 1.54) is 7.11 Å². The lowest BCUT2D eigenvalue weighted by Crippen LogP contribution is -2.04. The molecule has 0 amide bonds. The second-order valence-corrected chi connectivity index (χ2v) is 3.94. The lowest BCUT2D eigenvalue weighted by molar-refractivity contribution is 0.0602. The zero-order valence-corrected chi connectivity index (χ0v) is 10.5. The van der Waals surface area contributed by atoms with E-state index < -0.39 is 0 Å². The number of imidazole rings is 1. The molecular weight excluding hydrogens is 232 g/mol. The first kappa shape index (κ1) is 12.6. The molecule has 0 N–H and O–H groups in total. The van der Waals surface area contributed by atoms with E-state index in [9.17, 15) is 4.79 Å². The number of rotatable bonds is 5. The van der Waals surface area contributed by atoms with Gasteiger partial charge < -0.3 is 13.9 Å². The topological polar surface area (TPSA) is 52.8 Å². The second kappa shape index (κ2) is 5.64. The number of hydrogen-bond donors (Lipinski definition) is 0. The highest BCUT2D eigenvalue weighted by Gasteiger charge is 2.12. The van der Waals surface area contributed by atoms with Crippen molar-refractivity contribution in [2.75, 3.05) is 20.8 Å². The minimum absolute atomic E-state index is 0.344. The number of methoxy groups -OCH3 is 2. The van der Waals surface area contributed by atoms with Crippen molar-refractivity contribution in [3.8, 4) is 0 Å². The van der Waals surface area contributed by atoms with E-state index in [0.717, 1.165) is 24.2 Å². The van der Waals surface area contributed by atoms with E-state index in [1.54, 1.807) is 19.4 Å². The molecular formula is C13H16N2O3. The van der Waals surface area contributed by atoms with Gasteiger partial charge in [-0.1, -0.05) is 0 Å². The summed E-state index contributed by atoms with van der Waals surface area (Å²) >= 11 is 0. The van der Waals surface area contributed by atoms with Crippen LogP contribution in [-0.4, -0.2) is 36.2 Å². The largest absolute Gasteiger partial charge is 0.465 e. The quantitative estimate of drug-likeness (QED) is 0.597. The van der Waals surface area contributed by atoms with E-state index in [4.69, 9.17) is 9.47 Å². The summed E-state index contributed by atoms with van der Waals surface area (Å²) in [6.07, 6.45) is 5.32. The van der Waals surface area contributed by atoms with Crippen molar-refractivity contribution >= 4 is 11.5 Å². The fourth-order valence-electron chi connectivity index (χ4n) is 1.92. The minimum atomic E-state index is -0.344. The zero-order valence-electron chi connectivity index (χ0n) is 10.5. The molecule has 96 valence electrons. The van der Waals surface area contributed by atoms with Crippen molar-refractivity contribution in [2.24, 2.45) is 0 Å². The summed E-state index contributed by atoms with van der Waals surface area (Å²) in [5, 5.41) is 0. The van der Waals surface area contributed by atoms with Crippen LogP contribution in [0.5, 0.6) is 0 Å². The summed E-state index contributed by atoms with van der Waals surface area (Å²) in [6.45, 7) is 0.700. The summed E-state index contributed by atoms with van der Waals surface area (Å²) in [5.41, 5.74) is 1.31. The number of aromatic nitrogens is 2. The summed E-state index contributed by atoms with van der Waals surface area (Å²) in [6, 6.07) is 3.56. The highest BCUT2D eigenvalue weighted by Crippen LogP contribution is 2.14. The van der Waals surface area contributed by atoms with Gasteiger partial charge in [0.15, 0.2) is 0 Å². The molecule has 0 bridgehead atoms. The molecule has 2 heterocycles. The van der Waals surface area contributed by atoms with Crippen LogP contribution in [0.1, 0.15) is 22.6 Å².